The van der Waals surface area contributed by atoms with Crippen molar-refractivity contribution in [2.24, 2.45) is 0 Å². The van der Waals surface area contributed by atoms with Gasteiger partial charge in [-0.25, -0.2) is 0 Å². The highest BCUT2D eigenvalue weighted by molar-refractivity contribution is 5.94. The minimum Gasteiger partial charge on any atom is -0.349 e. The SMILES string of the molecule is O=C(NC1CC1c1ccccc1)c1ccccc1. The second kappa shape index (κ2) is 4.65. The summed E-state index contributed by atoms with van der Waals surface area (Å²) in [4.78, 5) is 12.0. The summed E-state index contributed by atoms with van der Waals surface area (Å²) in [6, 6.07) is 20.0. The van der Waals surface area contributed by atoms with Crippen molar-refractivity contribution < 1.29 is 4.79 Å². The van der Waals surface area contributed by atoms with Crippen molar-refractivity contribution in [2.45, 2.75) is 18.4 Å². The number of nitrogens with one attached hydrogen (secondary N) is 1. The van der Waals surface area contributed by atoms with Gasteiger partial charge >= 0.3 is 0 Å². The molecule has 0 heterocycles. The smallest absolute Gasteiger partial charge is 0.251 e. The molecular weight excluding hydrogens is 222 g/mol. The van der Waals surface area contributed by atoms with Crippen molar-refractivity contribution in [3.63, 3.8) is 0 Å². The molecule has 1 fully saturated rings. The molecule has 2 heteroatoms. The topological polar surface area (TPSA) is 29.1 Å². The van der Waals surface area contributed by atoms with Crippen LogP contribution in [0.3, 0.4) is 0 Å². The van der Waals surface area contributed by atoms with E-state index in [1.165, 1.54) is 5.56 Å². The number of benzene rings is 2. The Morgan fingerprint density at radius 3 is 2.22 bits per heavy atom. The molecule has 1 amide bonds. The highest BCUT2D eigenvalue weighted by Crippen LogP contribution is 2.40. The van der Waals surface area contributed by atoms with Crippen LogP contribution in [0.4, 0.5) is 0 Å². The lowest BCUT2D eigenvalue weighted by molar-refractivity contribution is 0.0950. The average molecular weight is 237 g/mol. The molecule has 0 aromatic heterocycles. The number of carbonyl (C=O) groups excluding carboxylic acids is 1. The van der Waals surface area contributed by atoms with E-state index in [4.69, 9.17) is 0 Å². The molecule has 2 aromatic carbocycles. The maximum Gasteiger partial charge on any atom is 0.251 e. The Labute approximate surface area is 107 Å². The lowest BCUT2D eigenvalue weighted by atomic mass is 10.1. The normalized spacial score (nSPS) is 21.3. The first-order chi connectivity index (χ1) is 8.84. The Morgan fingerprint density at radius 2 is 1.56 bits per heavy atom. The third-order valence-corrected chi connectivity index (χ3v) is 3.37. The van der Waals surface area contributed by atoms with Gasteiger partial charge in [-0.05, 0) is 24.1 Å². The fourth-order valence-corrected chi connectivity index (χ4v) is 2.26. The minimum atomic E-state index is 0.0269. The van der Waals surface area contributed by atoms with Crippen LogP contribution in [0.25, 0.3) is 0 Å². The first-order valence-electron chi connectivity index (χ1n) is 6.25. The molecular formula is C16H15NO. The summed E-state index contributed by atoms with van der Waals surface area (Å²) >= 11 is 0. The van der Waals surface area contributed by atoms with E-state index in [0.717, 1.165) is 12.0 Å². The standard InChI is InChI=1S/C16H15NO/c18-16(13-9-5-2-6-10-13)17-15-11-14(15)12-7-3-1-4-8-12/h1-10,14-15H,11H2,(H,17,18). The van der Waals surface area contributed by atoms with Gasteiger partial charge in [0.25, 0.3) is 5.91 Å². The molecule has 2 aromatic rings. The predicted octanol–water partition coefficient (Wildman–Crippen LogP) is 2.97. The van der Waals surface area contributed by atoms with Crippen molar-refractivity contribution in [3.8, 4) is 0 Å². The summed E-state index contributed by atoms with van der Waals surface area (Å²) in [5.41, 5.74) is 2.05. The zero-order chi connectivity index (χ0) is 12.4. The first-order valence-corrected chi connectivity index (χ1v) is 6.25. The van der Waals surface area contributed by atoms with E-state index in [0.29, 0.717) is 12.0 Å². The van der Waals surface area contributed by atoms with Crippen LogP contribution in [0.1, 0.15) is 28.3 Å². The third-order valence-electron chi connectivity index (χ3n) is 3.37. The van der Waals surface area contributed by atoms with Crippen LogP contribution in [-0.4, -0.2) is 11.9 Å². The minimum absolute atomic E-state index is 0.0269. The molecule has 1 N–H and O–H groups in total. The molecule has 18 heavy (non-hydrogen) atoms. The molecule has 1 saturated carbocycles. The van der Waals surface area contributed by atoms with Gasteiger partial charge in [0.05, 0.1) is 0 Å². The largest absolute Gasteiger partial charge is 0.349 e. The average Bonchev–Trinajstić information content (AvgIpc) is 3.20. The van der Waals surface area contributed by atoms with Crippen molar-refractivity contribution in [1.82, 2.24) is 5.32 Å². The number of rotatable bonds is 3. The molecule has 3 rings (SSSR count). The number of hydrogen-bond acceptors (Lipinski definition) is 1. The monoisotopic (exact) mass is 237 g/mol. The molecule has 0 aliphatic heterocycles. The van der Waals surface area contributed by atoms with Gasteiger partial charge in [-0.1, -0.05) is 48.5 Å². The first kappa shape index (κ1) is 11.0. The van der Waals surface area contributed by atoms with E-state index in [1.54, 1.807) is 0 Å². The van der Waals surface area contributed by atoms with Crippen LogP contribution in [0.2, 0.25) is 0 Å². The quantitative estimate of drug-likeness (QED) is 0.873. The Hall–Kier alpha value is -2.09. The summed E-state index contributed by atoms with van der Waals surface area (Å²) in [7, 11) is 0. The third kappa shape index (κ3) is 2.28. The molecule has 0 bridgehead atoms. The van der Waals surface area contributed by atoms with Crippen LogP contribution >= 0.6 is 0 Å². The van der Waals surface area contributed by atoms with Crippen LogP contribution in [-0.2, 0) is 0 Å². The highest BCUT2D eigenvalue weighted by atomic mass is 16.1. The molecule has 2 nitrogen and oxygen atoms in total. The predicted molar refractivity (Wildman–Crippen MR) is 71.5 cm³/mol. The lowest BCUT2D eigenvalue weighted by Crippen LogP contribution is -2.26. The summed E-state index contributed by atoms with van der Waals surface area (Å²) in [5, 5.41) is 3.08. The molecule has 0 radical (unpaired) electrons. The number of amides is 1. The maximum absolute atomic E-state index is 12.0. The van der Waals surface area contributed by atoms with Gasteiger partial charge in [0.15, 0.2) is 0 Å². The van der Waals surface area contributed by atoms with Crippen molar-refractivity contribution >= 4 is 5.91 Å². The fourth-order valence-electron chi connectivity index (χ4n) is 2.26. The lowest BCUT2D eigenvalue weighted by Gasteiger charge is -2.04. The molecule has 1 aliphatic carbocycles. The van der Waals surface area contributed by atoms with E-state index >= 15 is 0 Å². The number of carbonyl (C=O) groups is 1. The Balaban J connectivity index is 1.62. The van der Waals surface area contributed by atoms with E-state index in [9.17, 15) is 4.79 Å². The Bertz CT molecular complexity index is 536. The van der Waals surface area contributed by atoms with Crippen molar-refractivity contribution in [2.75, 3.05) is 0 Å². The second-order valence-electron chi connectivity index (χ2n) is 4.70. The molecule has 90 valence electrons. The number of hydrogen-bond donors (Lipinski definition) is 1. The summed E-state index contributed by atoms with van der Waals surface area (Å²) in [6.45, 7) is 0. The zero-order valence-electron chi connectivity index (χ0n) is 10.0. The van der Waals surface area contributed by atoms with Gasteiger partial charge in [-0.15, -0.1) is 0 Å². The van der Waals surface area contributed by atoms with Gasteiger partial charge < -0.3 is 5.32 Å². The van der Waals surface area contributed by atoms with Crippen molar-refractivity contribution in [1.29, 1.82) is 0 Å². The second-order valence-corrected chi connectivity index (χ2v) is 4.70. The van der Waals surface area contributed by atoms with E-state index in [1.807, 2.05) is 48.5 Å². The molecule has 1 aliphatic rings. The van der Waals surface area contributed by atoms with E-state index in [-0.39, 0.29) is 5.91 Å². The summed E-state index contributed by atoms with van der Waals surface area (Å²) in [5.74, 6) is 0.512. The molecule has 0 spiro atoms. The van der Waals surface area contributed by atoms with Crippen LogP contribution in [0.15, 0.2) is 60.7 Å². The van der Waals surface area contributed by atoms with Crippen LogP contribution in [0, 0.1) is 0 Å². The van der Waals surface area contributed by atoms with Crippen LogP contribution < -0.4 is 5.32 Å². The van der Waals surface area contributed by atoms with Gasteiger partial charge in [-0.2, -0.15) is 0 Å². The van der Waals surface area contributed by atoms with E-state index in [2.05, 4.69) is 17.4 Å². The van der Waals surface area contributed by atoms with Gasteiger partial charge in [0.1, 0.15) is 0 Å². The van der Waals surface area contributed by atoms with Crippen molar-refractivity contribution in [3.05, 3.63) is 71.8 Å². The molecule has 0 saturated heterocycles. The Morgan fingerprint density at radius 1 is 0.944 bits per heavy atom. The summed E-state index contributed by atoms with van der Waals surface area (Å²) in [6.07, 6.45) is 1.04. The van der Waals surface area contributed by atoms with Gasteiger partial charge in [0.2, 0.25) is 0 Å². The highest BCUT2D eigenvalue weighted by Gasteiger charge is 2.39. The van der Waals surface area contributed by atoms with Gasteiger partial charge in [0, 0.05) is 17.5 Å². The van der Waals surface area contributed by atoms with Crippen LogP contribution in [0.5, 0.6) is 0 Å². The Kier molecular flexibility index (Phi) is 2.85. The zero-order valence-corrected chi connectivity index (χ0v) is 10.0. The maximum atomic E-state index is 12.0. The fraction of sp³-hybridized carbons (Fsp3) is 0.188. The van der Waals surface area contributed by atoms with Gasteiger partial charge in [-0.3, -0.25) is 4.79 Å². The molecule has 2 unspecified atom stereocenters. The summed E-state index contributed by atoms with van der Waals surface area (Å²) < 4.78 is 0. The molecule has 2 atom stereocenters. The van der Waals surface area contributed by atoms with E-state index < -0.39 is 0 Å².